The van der Waals surface area contributed by atoms with Gasteiger partial charge in [-0.05, 0) is 49.1 Å². The molecule has 1 amide bonds. The number of nitrogens with one attached hydrogen (secondary N) is 1. The van der Waals surface area contributed by atoms with Crippen LogP contribution in [-0.4, -0.2) is 11.7 Å². The highest BCUT2D eigenvalue weighted by Gasteiger charge is 2.17. The second-order valence-corrected chi connectivity index (χ2v) is 6.94. The van der Waals surface area contributed by atoms with E-state index in [4.69, 9.17) is 0 Å². The largest absolute Gasteiger partial charge is 0.345 e. The number of carbonyl (C=O) groups excluding carboxylic acids is 1. The number of benzene rings is 2. The highest BCUT2D eigenvalue weighted by Crippen LogP contribution is 2.25. The summed E-state index contributed by atoms with van der Waals surface area (Å²) in [5.41, 5.74) is 4.41. The Hall–Kier alpha value is -2.00. The van der Waals surface area contributed by atoms with Crippen LogP contribution < -0.4 is 5.32 Å². The molecule has 1 atom stereocenters. The van der Waals surface area contributed by atoms with Crippen LogP contribution in [0.15, 0.2) is 60.0 Å². The first-order valence-corrected chi connectivity index (χ1v) is 9.26. The van der Waals surface area contributed by atoms with Gasteiger partial charge in [0, 0.05) is 10.6 Å². The SMILES string of the molecule is C=CCSc1ccccc1C(=O)NC(CC)c1ccc(C)c(C)c1. The highest BCUT2D eigenvalue weighted by atomic mass is 32.2. The summed E-state index contributed by atoms with van der Waals surface area (Å²) in [4.78, 5) is 13.8. The van der Waals surface area contributed by atoms with Gasteiger partial charge in [0.25, 0.3) is 5.91 Å². The van der Waals surface area contributed by atoms with E-state index in [2.05, 4.69) is 50.9 Å². The van der Waals surface area contributed by atoms with Gasteiger partial charge in [0.1, 0.15) is 0 Å². The van der Waals surface area contributed by atoms with Crippen LogP contribution in [-0.2, 0) is 0 Å². The molecule has 0 fully saturated rings. The molecule has 1 N–H and O–H groups in total. The molecular weight excluding hydrogens is 314 g/mol. The van der Waals surface area contributed by atoms with Gasteiger partial charge in [-0.3, -0.25) is 4.79 Å². The van der Waals surface area contributed by atoms with E-state index in [1.807, 2.05) is 30.3 Å². The minimum atomic E-state index is -0.0211. The van der Waals surface area contributed by atoms with Gasteiger partial charge in [-0.1, -0.05) is 43.3 Å². The zero-order valence-corrected chi connectivity index (χ0v) is 15.5. The van der Waals surface area contributed by atoms with E-state index < -0.39 is 0 Å². The molecule has 24 heavy (non-hydrogen) atoms. The van der Waals surface area contributed by atoms with Crippen LogP contribution in [0.4, 0.5) is 0 Å². The van der Waals surface area contributed by atoms with Crippen molar-refractivity contribution in [1.29, 1.82) is 0 Å². The average molecular weight is 340 g/mol. The van der Waals surface area contributed by atoms with Gasteiger partial charge < -0.3 is 5.32 Å². The lowest BCUT2D eigenvalue weighted by molar-refractivity contribution is 0.0932. The Balaban J connectivity index is 2.20. The molecule has 2 rings (SSSR count). The van der Waals surface area contributed by atoms with Gasteiger partial charge in [0.05, 0.1) is 11.6 Å². The van der Waals surface area contributed by atoms with E-state index in [1.54, 1.807) is 11.8 Å². The third-order valence-corrected chi connectivity index (χ3v) is 5.20. The summed E-state index contributed by atoms with van der Waals surface area (Å²) in [5.74, 6) is 0.769. The minimum absolute atomic E-state index is 0.0211. The van der Waals surface area contributed by atoms with Crippen LogP contribution in [0.3, 0.4) is 0 Å². The van der Waals surface area contributed by atoms with E-state index >= 15 is 0 Å². The third-order valence-electron chi connectivity index (χ3n) is 4.14. The molecule has 0 bridgehead atoms. The molecule has 0 heterocycles. The van der Waals surface area contributed by atoms with Crippen molar-refractivity contribution >= 4 is 17.7 Å². The Morgan fingerprint density at radius 1 is 1.21 bits per heavy atom. The van der Waals surface area contributed by atoms with Gasteiger partial charge in [-0.25, -0.2) is 0 Å². The predicted molar refractivity (Wildman–Crippen MR) is 104 cm³/mol. The smallest absolute Gasteiger partial charge is 0.252 e. The molecule has 2 nitrogen and oxygen atoms in total. The van der Waals surface area contributed by atoms with E-state index in [-0.39, 0.29) is 11.9 Å². The Morgan fingerprint density at radius 2 is 1.96 bits per heavy atom. The molecule has 3 heteroatoms. The maximum atomic E-state index is 12.8. The maximum absolute atomic E-state index is 12.8. The molecule has 1 unspecified atom stereocenters. The molecule has 2 aromatic rings. The number of rotatable bonds is 7. The zero-order valence-electron chi connectivity index (χ0n) is 14.6. The van der Waals surface area contributed by atoms with Crippen molar-refractivity contribution in [2.75, 3.05) is 5.75 Å². The molecule has 0 aromatic heterocycles. The fourth-order valence-corrected chi connectivity index (χ4v) is 3.36. The maximum Gasteiger partial charge on any atom is 0.252 e. The molecule has 0 saturated heterocycles. The number of aryl methyl sites for hydroxylation is 2. The standard InChI is InChI=1S/C21H25NOS/c1-5-13-24-20-10-8-7-9-18(20)21(23)22-19(6-2)17-12-11-15(3)16(4)14-17/h5,7-12,14,19H,1,6,13H2,2-4H3,(H,22,23). The van der Waals surface area contributed by atoms with E-state index in [0.29, 0.717) is 0 Å². The van der Waals surface area contributed by atoms with Crippen LogP contribution in [0.1, 0.15) is 46.4 Å². The quantitative estimate of drug-likeness (QED) is 0.536. The topological polar surface area (TPSA) is 29.1 Å². The summed E-state index contributed by atoms with van der Waals surface area (Å²) < 4.78 is 0. The fraction of sp³-hybridized carbons (Fsp3) is 0.286. The lowest BCUT2D eigenvalue weighted by atomic mass is 9.99. The molecule has 0 aliphatic heterocycles. The van der Waals surface area contributed by atoms with Crippen molar-refractivity contribution in [1.82, 2.24) is 5.32 Å². The highest BCUT2D eigenvalue weighted by molar-refractivity contribution is 7.99. The summed E-state index contributed by atoms with van der Waals surface area (Å²) in [6, 6.07) is 14.2. The Labute approximate surface area is 149 Å². The average Bonchev–Trinajstić information content (AvgIpc) is 2.60. The molecule has 0 saturated carbocycles. The summed E-state index contributed by atoms with van der Waals surface area (Å²) in [5, 5.41) is 3.18. The Bertz CT molecular complexity index is 724. The van der Waals surface area contributed by atoms with E-state index in [1.165, 1.54) is 11.1 Å². The number of hydrogen-bond donors (Lipinski definition) is 1. The number of thioether (sulfide) groups is 1. The summed E-state index contributed by atoms with van der Waals surface area (Å²) in [6.07, 6.45) is 2.71. The van der Waals surface area contributed by atoms with Gasteiger partial charge >= 0.3 is 0 Å². The molecule has 0 aliphatic rings. The number of carbonyl (C=O) groups is 1. The molecule has 0 aliphatic carbocycles. The molecule has 0 radical (unpaired) electrons. The van der Waals surface area contributed by atoms with Gasteiger partial charge in [-0.15, -0.1) is 18.3 Å². The van der Waals surface area contributed by atoms with Crippen LogP contribution in [0.2, 0.25) is 0 Å². The second kappa shape index (κ2) is 8.74. The van der Waals surface area contributed by atoms with E-state index in [0.717, 1.165) is 28.2 Å². The lowest BCUT2D eigenvalue weighted by Crippen LogP contribution is -2.28. The summed E-state index contributed by atoms with van der Waals surface area (Å²) >= 11 is 1.63. The monoisotopic (exact) mass is 339 g/mol. The first-order chi connectivity index (χ1) is 11.6. The molecule has 0 spiro atoms. The van der Waals surface area contributed by atoms with Crippen molar-refractivity contribution in [2.45, 2.75) is 38.1 Å². The van der Waals surface area contributed by atoms with Crippen molar-refractivity contribution in [3.63, 3.8) is 0 Å². The zero-order chi connectivity index (χ0) is 17.5. The van der Waals surface area contributed by atoms with Crippen LogP contribution in [0.25, 0.3) is 0 Å². The molecular formula is C21H25NOS. The van der Waals surface area contributed by atoms with Gasteiger partial charge in [0.15, 0.2) is 0 Å². The van der Waals surface area contributed by atoms with Gasteiger partial charge in [0.2, 0.25) is 0 Å². The van der Waals surface area contributed by atoms with Crippen molar-refractivity contribution in [2.24, 2.45) is 0 Å². The fourth-order valence-electron chi connectivity index (χ4n) is 2.57. The number of amides is 1. The normalized spacial score (nSPS) is 11.8. The Morgan fingerprint density at radius 3 is 2.62 bits per heavy atom. The summed E-state index contributed by atoms with van der Waals surface area (Å²) in [6.45, 7) is 10.0. The van der Waals surface area contributed by atoms with Crippen LogP contribution in [0, 0.1) is 13.8 Å². The predicted octanol–water partition coefficient (Wildman–Crippen LogP) is 5.46. The molecule has 126 valence electrons. The first-order valence-electron chi connectivity index (χ1n) is 8.27. The third kappa shape index (κ3) is 4.51. The van der Waals surface area contributed by atoms with Gasteiger partial charge in [-0.2, -0.15) is 0 Å². The second-order valence-electron chi connectivity index (χ2n) is 5.87. The van der Waals surface area contributed by atoms with Crippen molar-refractivity contribution in [3.8, 4) is 0 Å². The minimum Gasteiger partial charge on any atom is -0.345 e. The van der Waals surface area contributed by atoms with Crippen molar-refractivity contribution in [3.05, 3.63) is 77.4 Å². The molecule has 2 aromatic carbocycles. The van der Waals surface area contributed by atoms with Crippen LogP contribution >= 0.6 is 11.8 Å². The number of hydrogen-bond acceptors (Lipinski definition) is 2. The van der Waals surface area contributed by atoms with E-state index in [9.17, 15) is 4.79 Å². The Kier molecular flexibility index (Phi) is 6.68. The van der Waals surface area contributed by atoms with Crippen molar-refractivity contribution < 1.29 is 4.79 Å². The summed E-state index contributed by atoms with van der Waals surface area (Å²) in [7, 11) is 0. The lowest BCUT2D eigenvalue weighted by Gasteiger charge is -2.19. The van der Waals surface area contributed by atoms with Crippen LogP contribution in [0.5, 0.6) is 0 Å². The first kappa shape index (κ1) is 18.3.